The van der Waals surface area contributed by atoms with Crippen LogP contribution in [0.25, 0.3) is 5.52 Å². The number of hydrogen-bond donors (Lipinski definition) is 2. The highest BCUT2D eigenvalue weighted by Gasteiger charge is 2.23. The van der Waals surface area contributed by atoms with Gasteiger partial charge in [0.05, 0.1) is 12.1 Å². The number of rotatable bonds is 4. The fourth-order valence-corrected chi connectivity index (χ4v) is 1.81. The predicted octanol–water partition coefficient (Wildman–Crippen LogP) is 0.343. The Balaban J connectivity index is 1.61. The summed E-state index contributed by atoms with van der Waals surface area (Å²) in [4.78, 5) is 23.3. The average molecular weight is 258 g/mol. The Bertz CT molecular complexity index is 597. The molecule has 1 aliphatic rings. The molecule has 0 aromatic carbocycles. The van der Waals surface area contributed by atoms with Crippen LogP contribution in [-0.2, 0) is 4.79 Å². The Kier molecular flexibility index (Phi) is 2.91. The van der Waals surface area contributed by atoms with Gasteiger partial charge >= 0.3 is 0 Å². The monoisotopic (exact) mass is 258 g/mol. The normalized spacial score (nSPS) is 14.3. The molecule has 0 spiro atoms. The molecule has 6 heteroatoms. The second-order valence-electron chi connectivity index (χ2n) is 4.62. The zero-order chi connectivity index (χ0) is 13.2. The van der Waals surface area contributed by atoms with E-state index in [1.165, 1.54) is 0 Å². The number of carbonyl (C=O) groups excluding carboxylic acids is 2. The summed E-state index contributed by atoms with van der Waals surface area (Å²) in [7, 11) is 0. The number of nitrogens with one attached hydrogen (secondary N) is 2. The fourth-order valence-electron chi connectivity index (χ4n) is 1.81. The van der Waals surface area contributed by atoms with Crippen molar-refractivity contribution in [3.05, 3.63) is 36.2 Å². The molecule has 6 nitrogen and oxygen atoms in total. The topological polar surface area (TPSA) is 75.5 Å². The molecule has 0 saturated heterocycles. The minimum Gasteiger partial charge on any atom is -0.352 e. The van der Waals surface area contributed by atoms with E-state index in [1.54, 1.807) is 16.8 Å². The minimum atomic E-state index is -0.338. The fraction of sp³-hybridized carbons (Fsp3) is 0.308. The Hall–Kier alpha value is -2.37. The molecule has 2 amide bonds. The van der Waals surface area contributed by atoms with Gasteiger partial charge in [0.15, 0.2) is 5.69 Å². The quantitative estimate of drug-likeness (QED) is 0.830. The first-order chi connectivity index (χ1) is 9.22. The van der Waals surface area contributed by atoms with Crippen molar-refractivity contribution in [2.45, 2.75) is 18.9 Å². The van der Waals surface area contributed by atoms with Crippen molar-refractivity contribution < 1.29 is 9.59 Å². The standard InChI is InChI=1S/C13H14N4O2/c18-12(15-9-4-5-9)8-14-13(19)11-7-10-3-1-2-6-17(10)16-11/h1-3,6-7,9H,4-5,8H2,(H,14,19)(H,15,18). The minimum absolute atomic E-state index is 0.0107. The molecule has 1 fully saturated rings. The van der Waals surface area contributed by atoms with Crippen LogP contribution in [0.1, 0.15) is 23.3 Å². The SMILES string of the molecule is O=C(CNC(=O)c1cc2ccccn2n1)NC1CC1. The Morgan fingerprint density at radius 1 is 1.37 bits per heavy atom. The summed E-state index contributed by atoms with van der Waals surface area (Å²) in [6.45, 7) is -0.0107. The van der Waals surface area contributed by atoms with Crippen LogP contribution in [0.15, 0.2) is 30.5 Å². The average Bonchev–Trinajstić information content (AvgIpc) is 3.10. The molecule has 0 bridgehead atoms. The molecule has 3 rings (SSSR count). The van der Waals surface area contributed by atoms with Gasteiger partial charge in [0.1, 0.15) is 0 Å². The number of amides is 2. The van der Waals surface area contributed by atoms with E-state index >= 15 is 0 Å². The van der Waals surface area contributed by atoms with Crippen molar-refractivity contribution in [1.82, 2.24) is 20.2 Å². The van der Waals surface area contributed by atoms with E-state index in [0.717, 1.165) is 18.4 Å². The third kappa shape index (κ3) is 2.73. The molecule has 2 heterocycles. The Labute approximate surface area is 109 Å². The summed E-state index contributed by atoms with van der Waals surface area (Å²) in [5.41, 5.74) is 1.15. The molecule has 2 aromatic rings. The highest BCUT2D eigenvalue weighted by atomic mass is 16.2. The first kappa shape index (κ1) is 11.7. The summed E-state index contributed by atoms with van der Waals surface area (Å²) >= 11 is 0. The lowest BCUT2D eigenvalue weighted by atomic mass is 10.3. The van der Waals surface area contributed by atoms with E-state index < -0.39 is 0 Å². The van der Waals surface area contributed by atoms with Crippen LogP contribution in [-0.4, -0.2) is 34.0 Å². The lowest BCUT2D eigenvalue weighted by molar-refractivity contribution is -0.120. The zero-order valence-corrected chi connectivity index (χ0v) is 10.3. The van der Waals surface area contributed by atoms with Gasteiger partial charge in [-0.3, -0.25) is 9.59 Å². The van der Waals surface area contributed by atoms with Gasteiger partial charge in [0.2, 0.25) is 5.91 Å². The summed E-state index contributed by atoms with van der Waals surface area (Å²) < 4.78 is 1.62. The van der Waals surface area contributed by atoms with E-state index in [0.29, 0.717) is 11.7 Å². The zero-order valence-electron chi connectivity index (χ0n) is 10.3. The molecule has 19 heavy (non-hydrogen) atoms. The second kappa shape index (κ2) is 4.72. The number of nitrogens with zero attached hydrogens (tertiary/aromatic N) is 2. The summed E-state index contributed by atoms with van der Waals surface area (Å²) in [6.07, 6.45) is 3.84. The maximum Gasteiger partial charge on any atom is 0.272 e. The van der Waals surface area contributed by atoms with Crippen LogP contribution < -0.4 is 10.6 Å². The van der Waals surface area contributed by atoms with Crippen LogP contribution in [0.2, 0.25) is 0 Å². The van der Waals surface area contributed by atoms with Crippen molar-refractivity contribution in [2.24, 2.45) is 0 Å². The highest BCUT2D eigenvalue weighted by molar-refractivity contribution is 5.95. The molecule has 2 aromatic heterocycles. The maximum atomic E-state index is 11.9. The Morgan fingerprint density at radius 2 is 2.21 bits per heavy atom. The second-order valence-corrected chi connectivity index (χ2v) is 4.62. The number of pyridine rings is 1. The molecule has 0 radical (unpaired) electrons. The van der Waals surface area contributed by atoms with Gasteiger partial charge in [-0.1, -0.05) is 6.07 Å². The lowest BCUT2D eigenvalue weighted by Gasteiger charge is -2.03. The van der Waals surface area contributed by atoms with Gasteiger partial charge in [-0.05, 0) is 31.0 Å². The van der Waals surface area contributed by atoms with Crippen molar-refractivity contribution in [3.8, 4) is 0 Å². The number of fused-ring (bicyclic) bond motifs is 1. The Morgan fingerprint density at radius 3 is 2.95 bits per heavy atom. The van der Waals surface area contributed by atoms with E-state index in [2.05, 4.69) is 15.7 Å². The van der Waals surface area contributed by atoms with Crippen LogP contribution in [0.3, 0.4) is 0 Å². The van der Waals surface area contributed by atoms with Gasteiger partial charge in [-0.2, -0.15) is 5.10 Å². The lowest BCUT2D eigenvalue weighted by Crippen LogP contribution is -2.37. The summed E-state index contributed by atoms with van der Waals surface area (Å²) in [5, 5.41) is 9.51. The molecule has 1 aliphatic carbocycles. The van der Waals surface area contributed by atoms with Gasteiger partial charge < -0.3 is 10.6 Å². The van der Waals surface area contributed by atoms with Gasteiger partial charge in [-0.25, -0.2) is 4.52 Å². The van der Waals surface area contributed by atoms with Gasteiger partial charge in [0, 0.05) is 12.2 Å². The van der Waals surface area contributed by atoms with Crippen molar-refractivity contribution in [2.75, 3.05) is 6.54 Å². The highest BCUT2D eigenvalue weighted by Crippen LogP contribution is 2.18. The van der Waals surface area contributed by atoms with Crippen molar-refractivity contribution in [1.29, 1.82) is 0 Å². The molecule has 0 atom stereocenters. The van der Waals surface area contributed by atoms with Crippen molar-refractivity contribution in [3.63, 3.8) is 0 Å². The van der Waals surface area contributed by atoms with Crippen molar-refractivity contribution >= 4 is 17.3 Å². The first-order valence-electron chi connectivity index (χ1n) is 6.24. The first-order valence-corrected chi connectivity index (χ1v) is 6.24. The van der Waals surface area contributed by atoms with Crippen LogP contribution in [0, 0.1) is 0 Å². The van der Waals surface area contributed by atoms with E-state index in [9.17, 15) is 9.59 Å². The van der Waals surface area contributed by atoms with Crippen LogP contribution >= 0.6 is 0 Å². The molecule has 98 valence electrons. The van der Waals surface area contributed by atoms with Gasteiger partial charge in [0.25, 0.3) is 5.91 Å². The molecule has 1 saturated carbocycles. The van der Waals surface area contributed by atoms with E-state index in [-0.39, 0.29) is 18.4 Å². The smallest absolute Gasteiger partial charge is 0.272 e. The molecule has 2 N–H and O–H groups in total. The number of hydrogen-bond acceptors (Lipinski definition) is 3. The largest absolute Gasteiger partial charge is 0.352 e. The van der Waals surface area contributed by atoms with E-state index in [1.807, 2.05) is 18.2 Å². The molecule has 0 aliphatic heterocycles. The molecular weight excluding hydrogens is 244 g/mol. The maximum absolute atomic E-state index is 11.9. The van der Waals surface area contributed by atoms with Gasteiger partial charge in [-0.15, -0.1) is 0 Å². The molecular formula is C13H14N4O2. The summed E-state index contributed by atoms with van der Waals surface area (Å²) in [6, 6.07) is 7.57. The summed E-state index contributed by atoms with van der Waals surface area (Å²) in [5.74, 6) is -0.491. The third-order valence-corrected chi connectivity index (χ3v) is 2.95. The third-order valence-electron chi connectivity index (χ3n) is 2.95. The number of aromatic nitrogens is 2. The van der Waals surface area contributed by atoms with Crippen LogP contribution in [0.4, 0.5) is 0 Å². The predicted molar refractivity (Wildman–Crippen MR) is 68.7 cm³/mol. The van der Waals surface area contributed by atoms with E-state index in [4.69, 9.17) is 0 Å². The van der Waals surface area contributed by atoms with Crippen LogP contribution in [0.5, 0.6) is 0 Å². The molecule has 0 unspecified atom stereocenters. The number of carbonyl (C=O) groups is 2.